The summed E-state index contributed by atoms with van der Waals surface area (Å²) in [4.78, 5) is 18.5. The molecule has 4 rings (SSSR count). The Balaban J connectivity index is 1.45. The summed E-state index contributed by atoms with van der Waals surface area (Å²) in [5, 5.41) is 4.32. The van der Waals surface area contributed by atoms with E-state index in [9.17, 15) is 4.79 Å². The number of carbonyl (C=O) groups is 1. The molecule has 0 bridgehead atoms. The number of hydrogen-bond donors (Lipinski definition) is 1. The Morgan fingerprint density at radius 1 is 1.36 bits per heavy atom. The Morgan fingerprint density at radius 2 is 2.21 bits per heavy atom. The number of carbonyl (C=O) groups excluding carboxylic acids is 1. The normalized spacial score (nSPS) is 13.6. The van der Waals surface area contributed by atoms with Crippen LogP contribution in [0.3, 0.4) is 0 Å². The number of hydrogen-bond acceptors (Lipinski definition) is 5. The number of likely N-dealkylation sites (N-methyl/N-ethyl adjacent to an activating group) is 1. The van der Waals surface area contributed by atoms with E-state index in [2.05, 4.69) is 10.3 Å². The first-order chi connectivity index (χ1) is 13.6. The van der Waals surface area contributed by atoms with E-state index in [1.807, 2.05) is 37.3 Å². The lowest BCUT2D eigenvalue weighted by atomic mass is 10.1. The van der Waals surface area contributed by atoms with Gasteiger partial charge in [-0.3, -0.25) is 4.79 Å². The molecule has 1 aliphatic rings. The summed E-state index contributed by atoms with van der Waals surface area (Å²) in [7, 11) is 1.77. The molecule has 6 heteroatoms. The zero-order chi connectivity index (χ0) is 19.5. The number of pyridine rings is 1. The van der Waals surface area contributed by atoms with Gasteiger partial charge in [-0.25, -0.2) is 4.98 Å². The molecule has 144 valence electrons. The first-order valence-corrected chi connectivity index (χ1v) is 9.39. The van der Waals surface area contributed by atoms with Crippen LogP contribution in [0.2, 0.25) is 0 Å². The van der Waals surface area contributed by atoms with E-state index in [1.54, 1.807) is 30.3 Å². The minimum absolute atomic E-state index is 0.103. The van der Waals surface area contributed by atoms with Crippen LogP contribution in [0.5, 0.6) is 5.75 Å². The van der Waals surface area contributed by atoms with E-state index in [-0.39, 0.29) is 5.91 Å². The average molecular weight is 377 g/mol. The molecule has 1 N–H and O–H groups in total. The fraction of sp³-hybridized carbons (Fsp3) is 0.273. The summed E-state index contributed by atoms with van der Waals surface area (Å²) in [6.07, 6.45) is 5.97. The first-order valence-electron chi connectivity index (χ1n) is 9.39. The van der Waals surface area contributed by atoms with Crippen molar-refractivity contribution in [3.63, 3.8) is 0 Å². The number of furan rings is 1. The van der Waals surface area contributed by atoms with Crippen molar-refractivity contribution in [2.24, 2.45) is 0 Å². The molecule has 3 aromatic rings. The van der Waals surface area contributed by atoms with Crippen LogP contribution < -0.4 is 10.1 Å². The van der Waals surface area contributed by atoms with Crippen molar-refractivity contribution in [3.05, 3.63) is 59.5 Å². The van der Waals surface area contributed by atoms with Crippen molar-refractivity contribution in [1.29, 1.82) is 0 Å². The largest absolute Gasteiger partial charge is 0.490 e. The number of nitrogens with zero attached hydrogens (tertiary/aromatic N) is 2. The molecular formula is C22H23N3O3. The van der Waals surface area contributed by atoms with Gasteiger partial charge in [0.05, 0.1) is 13.2 Å². The van der Waals surface area contributed by atoms with Crippen LogP contribution in [-0.2, 0) is 11.3 Å². The van der Waals surface area contributed by atoms with E-state index in [0.717, 1.165) is 52.4 Å². The van der Waals surface area contributed by atoms with Crippen molar-refractivity contribution < 1.29 is 13.9 Å². The predicted molar refractivity (Wildman–Crippen MR) is 109 cm³/mol. The highest BCUT2D eigenvalue weighted by Crippen LogP contribution is 2.27. The molecule has 28 heavy (non-hydrogen) atoms. The fourth-order valence-electron chi connectivity index (χ4n) is 3.22. The molecule has 1 aromatic carbocycles. The number of amides is 1. The van der Waals surface area contributed by atoms with Crippen LogP contribution in [0.4, 0.5) is 5.82 Å². The second-order valence-electron chi connectivity index (χ2n) is 6.92. The minimum Gasteiger partial charge on any atom is -0.490 e. The van der Waals surface area contributed by atoms with Crippen LogP contribution in [-0.4, -0.2) is 36.0 Å². The number of benzene rings is 1. The summed E-state index contributed by atoms with van der Waals surface area (Å²) < 4.78 is 11.6. The summed E-state index contributed by atoms with van der Waals surface area (Å²) in [6.45, 7) is 3.94. The highest BCUT2D eigenvalue weighted by molar-refractivity contribution is 5.91. The SMILES string of the molecule is Cc1c(CN(C)C(=O)/C=C/c2cnc3c(c2)OCCCN3)oc2ccccc12. The third-order valence-corrected chi connectivity index (χ3v) is 4.86. The molecule has 0 atom stereocenters. The van der Waals surface area contributed by atoms with Gasteiger partial charge < -0.3 is 19.4 Å². The molecule has 0 radical (unpaired) electrons. The van der Waals surface area contributed by atoms with Gasteiger partial charge in [-0.1, -0.05) is 18.2 Å². The number of fused-ring (bicyclic) bond motifs is 2. The minimum atomic E-state index is -0.103. The fourth-order valence-corrected chi connectivity index (χ4v) is 3.22. The Morgan fingerprint density at radius 3 is 3.07 bits per heavy atom. The number of aryl methyl sites for hydroxylation is 1. The lowest BCUT2D eigenvalue weighted by Crippen LogP contribution is -2.24. The lowest BCUT2D eigenvalue weighted by molar-refractivity contribution is -0.125. The summed E-state index contributed by atoms with van der Waals surface area (Å²) in [5.41, 5.74) is 2.74. The average Bonchev–Trinajstić information content (AvgIpc) is 2.88. The summed E-state index contributed by atoms with van der Waals surface area (Å²) in [6, 6.07) is 9.80. The van der Waals surface area contributed by atoms with Crippen molar-refractivity contribution >= 4 is 28.8 Å². The van der Waals surface area contributed by atoms with E-state index < -0.39 is 0 Å². The maximum absolute atomic E-state index is 12.5. The quantitative estimate of drug-likeness (QED) is 0.696. The van der Waals surface area contributed by atoms with Crippen LogP contribution >= 0.6 is 0 Å². The van der Waals surface area contributed by atoms with Crippen LogP contribution in [0, 0.1) is 6.92 Å². The van der Waals surface area contributed by atoms with Gasteiger partial charge >= 0.3 is 0 Å². The Labute approximate surface area is 163 Å². The lowest BCUT2D eigenvalue weighted by Gasteiger charge is -2.14. The smallest absolute Gasteiger partial charge is 0.246 e. The predicted octanol–water partition coefficient (Wildman–Crippen LogP) is 4.00. The van der Waals surface area contributed by atoms with E-state index >= 15 is 0 Å². The van der Waals surface area contributed by atoms with Gasteiger partial charge in [-0.05, 0) is 37.1 Å². The second kappa shape index (κ2) is 7.76. The summed E-state index contributed by atoms with van der Waals surface area (Å²) >= 11 is 0. The van der Waals surface area contributed by atoms with Crippen molar-refractivity contribution in [2.75, 3.05) is 25.5 Å². The number of anilines is 1. The van der Waals surface area contributed by atoms with Gasteiger partial charge in [0, 0.05) is 36.8 Å². The number of aromatic nitrogens is 1. The molecule has 0 saturated carbocycles. The number of para-hydroxylation sites is 1. The van der Waals surface area contributed by atoms with Crippen molar-refractivity contribution in [1.82, 2.24) is 9.88 Å². The van der Waals surface area contributed by atoms with Gasteiger partial charge in [0.1, 0.15) is 11.3 Å². The van der Waals surface area contributed by atoms with Crippen LogP contribution in [0.25, 0.3) is 17.0 Å². The third kappa shape index (κ3) is 3.71. The summed E-state index contributed by atoms with van der Waals surface area (Å²) in [5.74, 6) is 2.17. The number of rotatable bonds is 4. The molecule has 0 unspecified atom stereocenters. The molecule has 6 nitrogen and oxygen atoms in total. The Hall–Kier alpha value is -3.28. The molecule has 0 spiro atoms. The highest BCUT2D eigenvalue weighted by Gasteiger charge is 2.14. The van der Waals surface area contributed by atoms with E-state index in [1.165, 1.54) is 0 Å². The maximum Gasteiger partial charge on any atom is 0.246 e. The molecule has 0 aliphatic carbocycles. The number of nitrogens with one attached hydrogen (secondary N) is 1. The molecular weight excluding hydrogens is 354 g/mol. The molecule has 0 saturated heterocycles. The monoisotopic (exact) mass is 377 g/mol. The van der Waals surface area contributed by atoms with E-state index in [4.69, 9.17) is 9.15 Å². The zero-order valence-corrected chi connectivity index (χ0v) is 16.1. The molecule has 0 fully saturated rings. The first kappa shape index (κ1) is 18.1. The number of ether oxygens (including phenoxy) is 1. The molecule has 3 heterocycles. The third-order valence-electron chi connectivity index (χ3n) is 4.86. The Bertz CT molecular complexity index is 1040. The van der Waals surface area contributed by atoms with Crippen LogP contribution in [0.15, 0.2) is 47.0 Å². The van der Waals surface area contributed by atoms with Gasteiger partial charge in [-0.15, -0.1) is 0 Å². The van der Waals surface area contributed by atoms with Gasteiger partial charge in [0.15, 0.2) is 11.6 Å². The van der Waals surface area contributed by atoms with Crippen molar-refractivity contribution in [3.8, 4) is 5.75 Å². The maximum atomic E-state index is 12.5. The van der Waals surface area contributed by atoms with Gasteiger partial charge in [-0.2, -0.15) is 0 Å². The molecule has 1 amide bonds. The standard InChI is InChI=1S/C22H23N3O3/c1-15-17-6-3-4-7-18(17)28-20(15)14-25(2)21(26)9-8-16-12-19-22(24-13-16)23-10-5-11-27-19/h3-4,6-9,12-13H,5,10-11,14H2,1-2H3,(H,23,24)/b9-8+. The zero-order valence-electron chi connectivity index (χ0n) is 16.1. The molecule has 1 aliphatic heterocycles. The topological polar surface area (TPSA) is 67.6 Å². The Kier molecular flexibility index (Phi) is 5.02. The van der Waals surface area contributed by atoms with E-state index in [0.29, 0.717) is 13.2 Å². The highest BCUT2D eigenvalue weighted by atomic mass is 16.5. The van der Waals surface area contributed by atoms with Crippen molar-refractivity contribution in [2.45, 2.75) is 19.9 Å². The second-order valence-corrected chi connectivity index (χ2v) is 6.92. The molecule has 2 aromatic heterocycles. The van der Waals surface area contributed by atoms with Gasteiger partial charge in [0.25, 0.3) is 0 Å². The van der Waals surface area contributed by atoms with Gasteiger partial charge in [0.2, 0.25) is 5.91 Å². The van der Waals surface area contributed by atoms with Crippen LogP contribution in [0.1, 0.15) is 23.3 Å².